The number of benzene rings is 1. The van der Waals surface area contributed by atoms with Crippen molar-refractivity contribution in [2.75, 3.05) is 46.8 Å². The molecule has 5 rings (SSSR count). The van der Waals surface area contributed by atoms with E-state index in [2.05, 4.69) is 23.6 Å². The van der Waals surface area contributed by atoms with E-state index >= 15 is 0 Å². The average molecular weight is 583 g/mol. The number of aliphatic hydroxyl groups is 3. The smallest absolute Gasteiger partial charge is 0.255 e. The predicted molar refractivity (Wildman–Crippen MR) is 152 cm³/mol. The second-order valence-electron chi connectivity index (χ2n) is 12.3. The van der Waals surface area contributed by atoms with Crippen molar-refractivity contribution >= 4 is 29.0 Å². The van der Waals surface area contributed by atoms with Crippen LogP contribution in [0.2, 0.25) is 0 Å². The maximum Gasteiger partial charge on any atom is 0.255 e. The number of nitrogens with zero attached hydrogens (tertiary/aromatic N) is 3. The Kier molecular flexibility index (Phi) is 7.55. The summed E-state index contributed by atoms with van der Waals surface area (Å²) in [6, 6.07) is 2.05. The molecule has 1 aromatic carbocycles. The molecular formula is C30H38N4O8. The third-order valence-electron chi connectivity index (χ3n) is 9.41. The summed E-state index contributed by atoms with van der Waals surface area (Å²) in [4.78, 5) is 58.8. The van der Waals surface area contributed by atoms with Crippen molar-refractivity contribution in [1.29, 1.82) is 0 Å². The molecule has 0 spiro atoms. The summed E-state index contributed by atoms with van der Waals surface area (Å²) in [6.45, 7) is 7.54. The van der Waals surface area contributed by atoms with Crippen LogP contribution in [0.5, 0.6) is 5.75 Å². The number of phenols is 1. The number of carbonyl (C=O) groups is 4. The third-order valence-corrected chi connectivity index (χ3v) is 9.41. The second-order valence-corrected chi connectivity index (χ2v) is 12.3. The molecule has 0 unspecified atom stereocenters. The number of Topliss-reactive ketones (excluding diaryl/α,β-unsaturated/α-hetero) is 3. The lowest BCUT2D eigenvalue weighted by Crippen LogP contribution is -2.65. The monoisotopic (exact) mass is 582 g/mol. The van der Waals surface area contributed by atoms with Crippen molar-refractivity contribution < 1.29 is 39.6 Å². The summed E-state index contributed by atoms with van der Waals surface area (Å²) in [5, 5.41) is 44.8. The minimum atomic E-state index is -2.70. The van der Waals surface area contributed by atoms with Gasteiger partial charge in [0.05, 0.1) is 18.2 Å². The highest BCUT2D eigenvalue weighted by Gasteiger charge is 2.64. The number of hydrogen-bond donors (Lipinski definition) is 5. The van der Waals surface area contributed by atoms with Crippen LogP contribution in [0, 0.1) is 11.8 Å². The standard InChI is InChI=1S/C30H38N4O8/c1-14(2)34-9-7-33(8-10-34)13-20(36)16-5-6-19(35)22-17(16)11-15-12-18-24(32(3)4)26(38)23(29(31)41)28(40)30(18,42)27(39)21(15)25(22)37/h5-6,14-15,18,24,35,37,40,42H,7-13H2,1-4H3,(H2,31,41)/t15-,18-,24-,30-/m0/s1. The number of aromatic hydroxyl groups is 1. The highest BCUT2D eigenvalue weighted by molar-refractivity contribution is 6.24. The quantitative estimate of drug-likeness (QED) is 0.228. The lowest BCUT2D eigenvalue weighted by molar-refractivity contribution is -0.153. The molecule has 2 fully saturated rings. The first-order chi connectivity index (χ1) is 19.7. The summed E-state index contributed by atoms with van der Waals surface area (Å²) in [7, 11) is 3.09. The van der Waals surface area contributed by atoms with Gasteiger partial charge in [-0.05, 0) is 64.4 Å². The zero-order valence-corrected chi connectivity index (χ0v) is 24.3. The maximum absolute atomic E-state index is 14.0. The maximum atomic E-state index is 14.0. The molecule has 0 bridgehead atoms. The van der Waals surface area contributed by atoms with Gasteiger partial charge in [0.1, 0.15) is 22.8 Å². The first-order valence-corrected chi connectivity index (χ1v) is 14.2. The van der Waals surface area contributed by atoms with Crippen LogP contribution in [-0.4, -0.2) is 123 Å². The molecule has 12 nitrogen and oxygen atoms in total. The van der Waals surface area contributed by atoms with Gasteiger partial charge in [-0.2, -0.15) is 0 Å². The predicted octanol–water partition coefficient (Wildman–Crippen LogP) is 0.173. The second kappa shape index (κ2) is 10.6. The van der Waals surface area contributed by atoms with Gasteiger partial charge in [0.2, 0.25) is 5.78 Å². The van der Waals surface area contributed by atoms with Gasteiger partial charge in [0.15, 0.2) is 17.2 Å². The zero-order chi connectivity index (χ0) is 30.8. The number of aliphatic hydroxyl groups excluding tert-OH is 2. The summed E-state index contributed by atoms with van der Waals surface area (Å²) < 4.78 is 0. The molecule has 3 aliphatic carbocycles. The van der Waals surface area contributed by atoms with Gasteiger partial charge in [-0.1, -0.05) is 0 Å². The minimum absolute atomic E-state index is 0.0355. The summed E-state index contributed by atoms with van der Waals surface area (Å²) in [6.07, 6.45) is 0.0390. The van der Waals surface area contributed by atoms with E-state index in [1.165, 1.54) is 17.0 Å². The number of rotatable bonds is 6. The van der Waals surface area contributed by atoms with Crippen LogP contribution in [0.1, 0.15) is 41.8 Å². The third kappa shape index (κ3) is 4.44. The van der Waals surface area contributed by atoms with Gasteiger partial charge in [0.25, 0.3) is 5.91 Å². The number of primary amides is 1. The fraction of sp³-hybridized carbons (Fsp3) is 0.533. The molecular weight excluding hydrogens is 544 g/mol. The molecule has 0 aromatic heterocycles. The molecule has 12 heteroatoms. The van der Waals surface area contributed by atoms with Gasteiger partial charge in [-0.15, -0.1) is 0 Å². The first-order valence-electron chi connectivity index (χ1n) is 14.2. The number of fused-ring (bicyclic) bond motifs is 3. The molecule has 4 atom stereocenters. The van der Waals surface area contributed by atoms with Crippen molar-refractivity contribution in [2.24, 2.45) is 17.6 Å². The van der Waals surface area contributed by atoms with E-state index < -0.39 is 58.0 Å². The molecule has 1 aliphatic heterocycles. The van der Waals surface area contributed by atoms with Crippen LogP contribution in [0.15, 0.2) is 29.0 Å². The van der Waals surface area contributed by atoms with Crippen molar-refractivity contribution in [1.82, 2.24) is 14.7 Å². The molecule has 1 heterocycles. The Balaban J connectivity index is 1.55. The number of carbonyl (C=O) groups excluding carboxylic acids is 4. The van der Waals surface area contributed by atoms with Crippen molar-refractivity contribution in [2.45, 2.75) is 44.4 Å². The van der Waals surface area contributed by atoms with Gasteiger partial charge in [-0.25, -0.2) is 0 Å². The number of ketones is 3. The van der Waals surface area contributed by atoms with Crippen molar-refractivity contribution in [3.63, 3.8) is 0 Å². The Hall–Kier alpha value is -3.58. The van der Waals surface area contributed by atoms with Crippen molar-refractivity contribution in [3.8, 4) is 5.75 Å². The van der Waals surface area contributed by atoms with Crippen LogP contribution in [0.3, 0.4) is 0 Å². The van der Waals surface area contributed by atoms with Crippen LogP contribution in [0.4, 0.5) is 0 Å². The van der Waals surface area contributed by atoms with Gasteiger partial charge in [-0.3, -0.25) is 33.9 Å². The highest BCUT2D eigenvalue weighted by Crippen LogP contribution is 2.53. The van der Waals surface area contributed by atoms with Gasteiger partial charge < -0.3 is 26.2 Å². The fourth-order valence-electron chi connectivity index (χ4n) is 7.23. The van der Waals surface area contributed by atoms with Gasteiger partial charge >= 0.3 is 0 Å². The molecule has 1 amide bonds. The van der Waals surface area contributed by atoms with E-state index in [0.29, 0.717) is 17.2 Å². The summed E-state index contributed by atoms with van der Waals surface area (Å²) in [5.41, 5.74) is 2.17. The van der Waals surface area contributed by atoms with E-state index in [0.717, 1.165) is 26.2 Å². The topological polar surface area (TPSA) is 185 Å². The average Bonchev–Trinajstić information content (AvgIpc) is 2.90. The Morgan fingerprint density at radius 2 is 1.74 bits per heavy atom. The Bertz CT molecular complexity index is 1440. The van der Waals surface area contributed by atoms with Crippen LogP contribution >= 0.6 is 0 Å². The zero-order valence-electron chi connectivity index (χ0n) is 24.3. The highest BCUT2D eigenvalue weighted by atomic mass is 16.3. The molecule has 1 saturated carbocycles. The Morgan fingerprint density at radius 3 is 2.31 bits per heavy atom. The van der Waals surface area contributed by atoms with E-state index in [1.807, 2.05) is 0 Å². The normalized spacial score (nSPS) is 28.7. The number of likely N-dealkylation sites (N-methyl/N-ethyl adjacent to an activating group) is 1. The van der Waals surface area contributed by atoms with E-state index in [4.69, 9.17) is 5.73 Å². The summed E-state index contributed by atoms with van der Waals surface area (Å²) in [5.74, 6) is -7.38. The lowest BCUT2D eigenvalue weighted by Gasteiger charge is -2.50. The van der Waals surface area contributed by atoms with Crippen LogP contribution in [-0.2, 0) is 20.8 Å². The van der Waals surface area contributed by atoms with E-state index in [-0.39, 0.29) is 42.1 Å². The molecule has 0 radical (unpaired) electrons. The fourth-order valence-corrected chi connectivity index (χ4v) is 7.23. The minimum Gasteiger partial charge on any atom is -0.508 e. The first kappa shape index (κ1) is 29.9. The molecule has 42 heavy (non-hydrogen) atoms. The molecule has 6 N–H and O–H groups in total. The SMILES string of the molecule is CC(C)N1CCN(CC(=O)c2ccc(O)c3c2C[C@H]2C[C@H]4[C@H](N(C)C)C(=O)C(C(N)=O)=C(O)[C@@]4(O)C(=O)C2=C3O)CC1. The van der Waals surface area contributed by atoms with Crippen LogP contribution < -0.4 is 5.73 Å². The molecule has 1 saturated heterocycles. The van der Waals surface area contributed by atoms with Crippen LogP contribution in [0.25, 0.3) is 5.76 Å². The molecule has 226 valence electrons. The number of piperazine rings is 1. The van der Waals surface area contributed by atoms with E-state index in [1.54, 1.807) is 14.1 Å². The Labute approximate surface area is 243 Å². The largest absolute Gasteiger partial charge is 0.508 e. The van der Waals surface area contributed by atoms with Crippen molar-refractivity contribution in [3.05, 3.63) is 45.7 Å². The number of phenolic OH excluding ortho intramolecular Hbond substituents is 1. The van der Waals surface area contributed by atoms with E-state index in [9.17, 15) is 39.6 Å². The summed E-state index contributed by atoms with van der Waals surface area (Å²) >= 11 is 0. The molecule has 1 aromatic rings. The number of hydrogen-bond acceptors (Lipinski definition) is 11. The number of amides is 1. The number of nitrogens with two attached hydrogens (primary N) is 1. The van der Waals surface area contributed by atoms with Gasteiger partial charge in [0, 0.05) is 49.3 Å². The molecule has 4 aliphatic rings. The lowest BCUT2D eigenvalue weighted by atomic mass is 9.57. The Morgan fingerprint density at radius 1 is 1.10 bits per heavy atom.